The standard InChI is InChI=1S/C12H11Br2NO5S/c13-7-3-8(21-9(7)14)10(16)15-2-1-5(11(17)18)6(4-15)12(19)20/h3,5-6H,1-2,4H2,(H,17,18)(H,19,20). The second-order valence-corrected chi connectivity index (χ2v) is 7.89. The zero-order chi connectivity index (χ0) is 15.7. The number of carbonyl (C=O) groups is 3. The second-order valence-electron chi connectivity index (χ2n) is 4.66. The zero-order valence-corrected chi connectivity index (χ0v) is 14.6. The summed E-state index contributed by atoms with van der Waals surface area (Å²) in [5.74, 6) is -4.62. The van der Waals surface area contributed by atoms with Crippen LogP contribution in [0.25, 0.3) is 0 Å². The molecule has 2 atom stereocenters. The highest BCUT2D eigenvalue weighted by Crippen LogP contribution is 2.34. The van der Waals surface area contributed by atoms with Crippen molar-refractivity contribution >= 4 is 61.0 Å². The maximum Gasteiger partial charge on any atom is 0.309 e. The molecule has 1 amide bonds. The van der Waals surface area contributed by atoms with Gasteiger partial charge in [-0.25, -0.2) is 0 Å². The minimum absolute atomic E-state index is 0.0850. The molecule has 2 rings (SSSR count). The van der Waals surface area contributed by atoms with Crippen molar-refractivity contribution in [1.29, 1.82) is 0 Å². The first-order chi connectivity index (χ1) is 9.81. The van der Waals surface area contributed by atoms with E-state index in [0.29, 0.717) is 4.88 Å². The average molecular weight is 441 g/mol. The van der Waals surface area contributed by atoms with Gasteiger partial charge in [0.1, 0.15) is 0 Å². The number of rotatable bonds is 3. The predicted molar refractivity (Wildman–Crippen MR) is 82.5 cm³/mol. The predicted octanol–water partition coefficient (Wildman–Crippen LogP) is 2.52. The Labute approximate surface area is 141 Å². The highest BCUT2D eigenvalue weighted by Gasteiger charge is 2.40. The van der Waals surface area contributed by atoms with Gasteiger partial charge >= 0.3 is 11.9 Å². The lowest BCUT2D eigenvalue weighted by Crippen LogP contribution is -2.48. The number of thiophene rings is 1. The van der Waals surface area contributed by atoms with Crippen LogP contribution in [0.15, 0.2) is 14.3 Å². The van der Waals surface area contributed by atoms with Gasteiger partial charge in [-0.2, -0.15) is 0 Å². The van der Waals surface area contributed by atoms with Crippen molar-refractivity contribution in [1.82, 2.24) is 4.90 Å². The number of hydrogen-bond acceptors (Lipinski definition) is 4. The van der Waals surface area contributed by atoms with E-state index >= 15 is 0 Å². The maximum atomic E-state index is 12.4. The number of carbonyl (C=O) groups excluding carboxylic acids is 1. The van der Waals surface area contributed by atoms with Gasteiger partial charge in [-0.1, -0.05) is 0 Å². The molecule has 0 aromatic carbocycles. The molecule has 0 radical (unpaired) electrons. The Morgan fingerprint density at radius 2 is 1.81 bits per heavy atom. The number of aliphatic carboxylic acids is 2. The Kier molecular flexibility index (Phi) is 5.05. The lowest BCUT2D eigenvalue weighted by molar-refractivity contribution is -0.156. The van der Waals surface area contributed by atoms with E-state index in [1.807, 2.05) is 0 Å². The number of piperidine rings is 1. The quantitative estimate of drug-likeness (QED) is 0.752. The molecule has 114 valence electrons. The van der Waals surface area contributed by atoms with Gasteiger partial charge in [0.25, 0.3) is 5.91 Å². The van der Waals surface area contributed by atoms with Crippen molar-refractivity contribution < 1.29 is 24.6 Å². The molecule has 2 N–H and O–H groups in total. The maximum absolute atomic E-state index is 12.4. The minimum atomic E-state index is -1.19. The molecule has 0 saturated carbocycles. The third-order valence-corrected chi connectivity index (χ3v) is 6.63. The van der Waals surface area contributed by atoms with Gasteiger partial charge in [-0.15, -0.1) is 11.3 Å². The first-order valence-corrected chi connectivity index (χ1v) is 8.41. The van der Waals surface area contributed by atoms with E-state index in [1.54, 1.807) is 6.07 Å². The van der Waals surface area contributed by atoms with E-state index in [0.717, 1.165) is 8.26 Å². The molecule has 1 aliphatic rings. The molecule has 1 aliphatic heterocycles. The lowest BCUT2D eigenvalue weighted by Gasteiger charge is -2.34. The van der Waals surface area contributed by atoms with Crippen LogP contribution in [-0.4, -0.2) is 46.0 Å². The van der Waals surface area contributed by atoms with Crippen LogP contribution in [0, 0.1) is 11.8 Å². The van der Waals surface area contributed by atoms with E-state index in [4.69, 9.17) is 10.2 Å². The molecule has 2 unspecified atom stereocenters. The Hall–Kier alpha value is -0.930. The van der Waals surface area contributed by atoms with Crippen molar-refractivity contribution in [3.63, 3.8) is 0 Å². The number of nitrogens with zero attached hydrogens (tertiary/aromatic N) is 1. The smallest absolute Gasteiger partial charge is 0.309 e. The van der Waals surface area contributed by atoms with Gasteiger partial charge in [0.05, 0.1) is 20.5 Å². The van der Waals surface area contributed by atoms with Crippen LogP contribution >= 0.6 is 43.2 Å². The van der Waals surface area contributed by atoms with Crippen molar-refractivity contribution in [2.24, 2.45) is 11.8 Å². The van der Waals surface area contributed by atoms with E-state index < -0.39 is 23.8 Å². The molecular formula is C12H11Br2NO5S. The Morgan fingerprint density at radius 1 is 1.19 bits per heavy atom. The number of halogens is 2. The third-order valence-electron chi connectivity index (χ3n) is 3.39. The molecule has 0 spiro atoms. The summed E-state index contributed by atoms with van der Waals surface area (Å²) in [6.07, 6.45) is 0.145. The van der Waals surface area contributed by atoms with Gasteiger partial charge in [-0.3, -0.25) is 14.4 Å². The molecule has 2 heterocycles. The van der Waals surface area contributed by atoms with E-state index in [-0.39, 0.29) is 25.4 Å². The number of likely N-dealkylation sites (tertiary alicyclic amines) is 1. The fourth-order valence-corrected chi connectivity index (χ4v) is 4.29. The third kappa shape index (κ3) is 3.46. The fraction of sp³-hybridized carbons (Fsp3) is 0.417. The minimum Gasteiger partial charge on any atom is -0.481 e. The fourth-order valence-electron chi connectivity index (χ4n) is 2.29. The number of carboxylic acid groups (broad SMARTS) is 2. The number of hydrogen-bond donors (Lipinski definition) is 2. The normalized spacial score (nSPS) is 22.1. The highest BCUT2D eigenvalue weighted by molar-refractivity contribution is 9.13. The summed E-state index contributed by atoms with van der Waals surface area (Å²) in [7, 11) is 0. The molecular weight excluding hydrogens is 430 g/mol. The van der Waals surface area contributed by atoms with Gasteiger partial charge in [0.15, 0.2) is 0 Å². The molecule has 0 aliphatic carbocycles. The molecule has 9 heteroatoms. The monoisotopic (exact) mass is 439 g/mol. The number of carboxylic acids is 2. The molecule has 6 nitrogen and oxygen atoms in total. The number of amides is 1. The zero-order valence-electron chi connectivity index (χ0n) is 10.6. The van der Waals surface area contributed by atoms with Crippen molar-refractivity contribution in [3.05, 3.63) is 19.2 Å². The summed E-state index contributed by atoms with van der Waals surface area (Å²) in [5.41, 5.74) is 0. The van der Waals surface area contributed by atoms with Crippen LogP contribution in [0.1, 0.15) is 16.1 Å². The van der Waals surface area contributed by atoms with Crippen LogP contribution in [0.4, 0.5) is 0 Å². The van der Waals surface area contributed by atoms with Crippen LogP contribution in [0.3, 0.4) is 0 Å². The van der Waals surface area contributed by atoms with Gasteiger partial charge in [0, 0.05) is 17.6 Å². The SMILES string of the molecule is O=C(O)C1CCN(C(=O)c2cc(Br)c(Br)s2)CC1C(=O)O. The van der Waals surface area contributed by atoms with Crippen molar-refractivity contribution in [2.45, 2.75) is 6.42 Å². The van der Waals surface area contributed by atoms with Gasteiger partial charge in [-0.05, 0) is 44.3 Å². The summed E-state index contributed by atoms with van der Waals surface area (Å²) < 4.78 is 1.53. The Balaban J connectivity index is 2.17. The molecule has 1 aromatic heterocycles. The van der Waals surface area contributed by atoms with Crippen LogP contribution in [-0.2, 0) is 9.59 Å². The first-order valence-electron chi connectivity index (χ1n) is 6.01. The summed E-state index contributed by atoms with van der Waals surface area (Å²) in [6.45, 7) is 0.158. The van der Waals surface area contributed by atoms with Crippen LogP contribution in [0.5, 0.6) is 0 Å². The molecule has 1 fully saturated rings. The first kappa shape index (κ1) is 16.4. The van der Waals surface area contributed by atoms with Crippen molar-refractivity contribution in [2.75, 3.05) is 13.1 Å². The highest BCUT2D eigenvalue weighted by atomic mass is 79.9. The summed E-state index contributed by atoms with van der Waals surface area (Å²) in [5, 5.41) is 18.2. The van der Waals surface area contributed by atoms with Gasteiger partial charge < -0.3 is 15.1 Å². The molecule has 1 aromatic rings. The Bertz CT molecular complexity index is 583. The van der Waals surface area contributed by atoms with E-state index in [1.165, 1.54) is 16.2 Å². The summed E-state index contributed by atoms with van der Waals surface area (Å²) in [4.78, 5) is 36.6. The topological polar surface area (TPSA) is 94.9 Å². The van der Waals surface area contributed by atoms with Crippen LogP contribution in [0.2, 0.25) is 0 Å². The molecule has 0 bridgehead atoms. The van der Waals surface area contributed by atoms with Crippen LogP contribution < -0.4 is 0 Å². The molecule has 1 saturated heterocycles. The van der Waals surface area contributed by atoms with E-state index in [9.17, 15) is 14.4 Å². The second kappa shape index (κ2) is 6.45. The lowest BCUT2D eigenvalue weighted by atomic mass is 9.85. The Morgan fingerprint density at radius 3 is 2.29 bits per heavy atom. The summed E-state index contributed by atoms with van der Waals surface area (Å²) in [6, 6.07) is 1.66. The molecule has 21 heavy (non-hydrogen) atoms. The largest absolute Gasteiger partial charge is 0.481 e. The summed E-state index contributed by atoms with van der Waals surface area (Å²) >= 11 is 7.84. The van der Waals surface area contributed by atoms with Crippen molar-refractivity contribution in [3.8, 4) is 0 Å². The van der Waals surface area contributed by atoms with E-state index in [2.05, 4.69) is 31.9 Å². The average Bonchev–Trinajstić information content (AvgIpc) is 2.77. The van der Waals surface area contributed by atoms with Gasteiger partial charge in [0.2, 0.25) is 0 Å².